The summed E-state index contributed by atoms with van der Waals surface area (Å²) in [5.41, 5.74) is -0.206. The number of fused-ring (bicyclic) bond motifs is 1. The lowest BCUT2D eigenvalue weighted by atomic mass is 9.86. The number of rotatable bonds is 5. The summed E-state index contributed by atoms with van der Waals surface area (Å²) >= 11 is 0. The molecule has 6 heteroatoms. The third-order valence-electron chi connectivity index (χ3n) is 5.16. The summed E-state index contributed by atoms with van der Waals surface area (Å²) in [7, 11) is 0. The number of carbonyl (C=O) groups is 1. The van der Waals surface area contributed by atoms with Gasteiger partial charge in [-0.25, -0.2) is 0 Å². The van der Waals surface area contributed by atoms with Crippen molar-refractivity contribution in [2.75, 3.05) is 26.4 Å². The van der Waals surface area contributed by atoms with Crippen LogP contribution in [0.3, 0.4) is 0 Å². The third kappa shape index (κ3) is 3.55. The Hall–Kier alpha value is -2.47. The molecule has 3 heterocycles. The Morgan fingerprint density at radius 2 is 1.85 bits per heavy atom. The molecule has 1 N–H and O–H groups in total. The summed E-state index contributed by atoms with van der Waals surface area (Å²) in [5.74, 6) is 1.51. The largest absolute Gasteiger partial charge is 0.486 e. The van der Waals surface area contributed by atoms with Crippen LogP contribution in [0.5, 0.6) is 11.5 Å². The first-order valence-electron chi connectivity index (χ1n) is 9.12. The monoisotopic (exact) mass is 356 g/mol. The number of aromatic nitrogens is 1. The highest BCUT2D eigenvalue weighted by molar-refractivity contribution is 5.77. The standard InChI is InChI=1S/C20H24N2O4/c23-19(13-20(7-11-24-12-8-20)22-9-3-4-10-22)21-14-16-15-25-17-5-1-2-6-18(17)26-16/h1-6,9-10,16H,7-8,11-15H2,(H,21,23)/t16-/m0/s1. The van der Waals surface area contributed by atoms with Gasteiger partial charge in [-0.3, -0.25) is 4.79 Å². The fourth-order valence-corrected chi connectivity index (χ4v) is 3.68. The van der Waals surface area contributed by atoms with Gasteiger partial charge in [0.15, 0.2) is 11.5 Å². The number of para-hydroxylation sites is 2. The Balaban J connectivity index is 1.35. The molecule has 1 atom stereocenters. The van der Waals surface area contributed by atoms with E-state index in [1.54, 1.807) is 0 Å². The molecule has 0 aliphatic carbocycles. The first-order valence-corrected chi connectivity index (χ1v) is 9.12. The summed E-state index contributed by atoms with van der Waals surface area (Å²) in [4.78, 5) is 12.6. The van der Waals surface area contributed by atoms with E-state index in [2.05, 4.69) is 9.88 Å². The maximum Gasteiger partial charge on any atom is 0.222 e. The molecule has 0 unspecified atom stereocenters. The van der Waals surface area contributed by atoms with Crippen molar-refractivity contribution in [3.8, 4) is 11.5 Å². The number of nitrogens with one attached hydrogen (secondary N) is 1. The fraction of sp³-hybridized carbons (Fsp3) is 0.450. The Labute approximate surface area is 153 Å². The number of hydrogen-bond acceptors (Lipinski definition) is 4. The van der Waals surface area contributed by atoms with Gasteiger partial charge in [-0.1, -0.05) is 12.1 Å². The van der Waals surface area contributed by atoms with E-state index in [-0.39, 0.29) is 17.6 Å². The molecule has 1 aromatic carbocycles. The van der Waals surface area contributed by atoms with E-state index in [1.165, 1.54) is 0 Å². The number of ether oxygens (including phenoxy) is 3. The normalized spacial score (nSPS) is 21.2. The topological polar surface area (TPSA) is 61.7 Å². The Bertz CT molecular complexity index is 738. The highest BCUT2D eigenvalue weighted by Gasteiger charge is 2.36. The van der Waals surface area contributed by atoms with Crippen molar-refractivity contribution in [3.63, 3.8) is 0 Å². The number of amides is 1. The number of hydrogen-bond donors (Lipinski definition) is 1. The molecule has 0 saturated carbocycles. The SMILES string of the molecule is O=C(CC1(n2cccc2)CCOCC1)NC[C@H]1COc2ccccc2O1. The second-order valence-electron chi connectivity index (χ2n) is 6.91. The molecule has 2 aromatic rings. The van der Waals surface area contributed by atoms with E-state index in [0.29, 0.717) is 32.8 Å². The van der Waals surface area contributed by atoms with Crippen LogP contribution in [0.4, 0.5) is 0 Å². The molecular formula is C20H24N2O4. The van der Waals surface area contributed by atoms with Crippen LogP contribution in [0, 0.1) is 0 Å². The highest BCUT2D eigenvalue weighted by Crippen LogP contribution is 2.33. The predicted molar refractivity (Wildman–Crippen MR) is 96.4 cm³/mol. The van der Waals surface area contributed by atoms with Crippen molar-refractivity contribution < 1.29 is 19.0 Å². The minimum Gasteiger partial charge on any atom is -0.486 e. The van der Waals surface area contributed by atoms with Crippen molar-refractivity contribution in [2.24, 2.45) is 0 Å². The molecule has 1 aromatic heterocycles. The summed E-state index contributed by atoms with van der Waals surface area (Å²) in [5, 5.41) is 3.02. The second-order valence-corrected chi connectivity index (χ2v) is 6.91. The van der Waals surface area contributed by atoms with Crippen LogP contribution < -0.4 is 14.8 Å². The number of benzene rings is 1. The van der Waals surface area contributed by atoms with Crippen molar-refractivity contribution in [3.05, 3.63) is 48.8 Å². The van der Waals surface area contributed by atoms with Crippen LogP contribution in [-0.2, 0) is 15.1 Å². The van der Waals surface area contributed by atoms with Crippen LogP contribution in [0.1, 0.15) is 19.3 Å². The van der Waals surface area contributed by atoms with E-state index in [4.69, 9.17) is 14.2 Å². The first kappa shape index (κ1) is 17.0. The van der Waals surface area contributed by atoms with Gasteiger partial charge in [0.1, 0.15) is 12.7 Å². The van der Waals surface area contributed by atoms with Gasteiger partial charge in [0, 0.05) is 25.6 Å². The lowest BCUT2D eigenvalue weighted by Gasteiger charge is -2.38. The van der Waals surface area contributed by atoms with Crippen LogP contribution in [-0.4, -0.2) is 42.9 Å². The summed E-state index contributed by atoms with van der Waals surface area (Å²) < 4.78 is 19.3. The zero-order valence-corrected chi connectivity index (χ0v) is 14.7. The maximum absolute atomic E-state index is 12.6. The summed E-state index contributed by atoms with van der Waals surface area (Å²) in [6.45, 7) is 2.24. The molecule has 2 aliphatic rings. The Kier molecular flexibility index (Phi) is 4.84. The van der Waals surface area contributed by atoms with Crippen molar-refractivity contribution in [1.82, 2.24) is 9.88 Å². The average Bonchev–Trinajstić information content (AvgIpc) is 3.22. The molecule has 2 aliphatic heterocycles. The minimum atomic E-state index is -0.206. The zero-order valence-electron chi connectivity index (χ0n) is 14.7. The van der Waals surface area contributed by atoms with Gasteiger partial charge in [-0.15, -0.1) is 0 Å². The van der Waals surface area contributed by atoms with Gasteiger partial charge in [0.2, 0.25) is 5.91 Å². The quantitative estimate of drug-likeness (QED) is 0.893. The second kappa shape index (κ2) is 7.41. The molecule has 0 spiro atoms. The third-order valence-corrected chi connectivity index (χ3v) is 5.16. The van der Waals surface area contributed by atoms with Crippen LogP contribution in [0.15, 0.2) is 48.8 Å². The van der Waals surface area contributed by atoms with Gasteiger partial charge >= 0.3 is 0 Å². The summed E-state index contributed by atoms with van der Waals surface area (Å²) in [6.07, 6.45) is 6.01. The highest BCUT2D eigenvalue weighted by atomic mass is 16.6. The van der Waals surface area contributed by atoms with Crippen molar-refractivity contribution in [1.29, 1.82) is 0 Å². The van der Waals surface area contributed by atoms with E-state index < -0.39 is 0 Å². The lowest BCUT2D eigenvalue weighted by molar-refractivity contribution is -0.125. The van der Waals surface area contributed by atoms with Gasteiger partial charge in [-0.2, -0.15) is 0 Å². The molecule has 0 radical (unpaired) electrons. The van der Waals surface area contributed by atoms with Crippen LogP contribution >= 0.6 is 0 Å². The number of carbonyl (C=O) groups excluding carboxylic acids is 1. The van der Waals surface area contributed by atoms with Crippen molar-refractivity contribution >= 4 is 5.91 Å². The lowest BCUT2D eigenvalue weighted by Crippen LogP contribution is -2.46. The molecule has 4 rings (SSSR count). The van der Waals surface area contributed by atoms with E-state index in [0.717, 1.165) is 24.3 Å². The van der Waals surface area contributed by atoms with Gasteiger partial charge in [0.25, 0.3) is 0 Å². The molecule has 0 bridgehead atoms. The zero-order chi connectivity index (χ0) is 17.8. The minimum absolute atomic E-state index is 0.0306. The smallest absolute Gasteiger partial charge is 0.222 e. The van der Waals surface area contributed by atoms with Gasteiger partial charge < -0.3 is 24.1 Å². The van der Waals surface area contributed by atoms with Crippen LogP contribution in [0.25, 0.3) is 0 Å². The molecule has 138 valence electrons. The van der Waals surface area contributed by atoms with E-state index in [9.17, 15) is 4.79 Å². The predicted octanol–water partition coefficient (Wildman–Crippen LogP) is 2.34. The van der Waals surface area contributed by atoms with Gasteiger partial charge in [0.05, 0.1) is 18.5 Å². The molecule has 1 amide bonds. The van der Waals surface area contributed by atoms with E-state index >= 15 is 0 Å². The molecule has 1 fully saturated rings. The summed E-state index contributed by atoms with van der Waals surface area (Å²) in [6, 6.07) is 11.6. The molecular weight excluding hydrogens is 332 g/mol. The van der Waals surface area contributed by atoms with E-state index in [1.807, 2.05) is 48.8 Å². The molecule has 6 nitrogen and oxygen atoms in total. The van der Waals surface area contributed by atoms with Gasteiger partial charge in [-0.05, 0) is 37.1 Å². The maximum atomic E-state index is 12.6. The molecule has 26 heavy (non-hydrogen) atoms. The Morgan fingerprint density at radius 1 is 1.12 bits per heavy atom. The Morgan fingerprint density at radius 3 is 2.62 bits per heavy atom. The number of nitrogens with zero attached hydrogens (tertiary/aromatic N) is 1. The van der Waals surface area contributed by atoms with Crippen molar-refractivity contribution in [2.45, 2.75) is 30.9 Å². The fourth-order valence-electron chi connectivity index (χ4n) is 3.68. The molecule has 1 saturated heterocycles. The van der Waals surface area contributed by atoms with Crippen LogP contribution in [0.2, 0.25) is 0 Å². The average molecular weight is 356 g/mol. The first-order chi connectivity index (χ1) is 12.8.